The van der Waals surface area contributed by atoms with Gasteiger partial charge in [0, 0.05) is 38.3 Å². The maximum atomic E-state index is 11.6. The van der Waals surface area contributed by atoms with Crippen molar-refractivity contribution in [1.29, 1.82) is 0 Å². The van der Waals surface area contributed by atoms with Gasteiger partial charge < -0.3 is 19.8 Å². The number of pyridine rings is 1. The number of hydrogen-bond acceptors (Lipinski definition) is 10. The number of carbonyl (C=O) groups is 1. The molecule has 1 atom stereocenters. The third-order valence-electron chi connectivity index (χ3n) is 5.05. The molecule has 4 aromatic heterocycles. The predicted octanol–water partition coefficient (Wildman–Crippen LogP) is 0.803. The summed E-state index contributed by atoms with van der Waals surface area (Å²) in [6.45, 7) is 0.495. The molecule has 0 aliphatic heterocycles. The number of anilines is 2. The van der Waals surface area contributed by atoms with Crippen molar-refractivity contribution in [2.45, 2.75) is 12.0 Å². The molecule has 4 rings (SSSR count). The van der Waals surface area contributed by atoms with Crippen molar-refractivity contribution in [1.82, 2.24) is 34.8 Å². The minimum atomic E-state index is -1.75. The molecule has 4 heterocycles. The molecule has 34 heavy (non-hydrogen) atoms. The number of aldehydes is 1. The van der Waals surface area contributed by atoms with Gasteiger partial charge in [-0.3, -0.25) is 9.48 Å². The second kappa shape index (κ2) is 9.53. The van der Waals surface area contributed by atoms with Gasteiger partial charge in [0.1, 0.15) is 19.2 Å². The van der Waals surface area contributed by atoms with Gasteiger partial charge in [-0.1, -0.05) is 11.2 Å². The summed E-state index contributed by atoms with van der Waals surface area (Å²) in [7, 11) is 11.5. The number of nitrogens with zero attached hydrogens (tertiary/aromatic N) is 7. The molecule has 0 aliphatic rings. The maximum Gasteiger partial charge on any atom is 0.228 e. The van der Waals surface area contributed by atoms with Crippen LogP contribution >= 0.6 is 0 Å². The number of aryl methyl sites for hydroxylation is 1. The van der Waals surface area contributed by atoms with E-state index >= 15 is 0 Å². The highest BCUT2D eigenvalue weighted by Crippen LogP contribution is 2.28. The van der Waals surface area contributed by atoms with Crippen molar-refractivity contribution in [3.8, 4) is 22.8 Å². The van der Waals surface area contributed by atoms with Crippen LogP contribution in [-0.2, 0) is 17.4 Å². The van der Waals surface area contributed by atoms with Crippen LogP contribution in [0, 0.1) is 0 Å². The highest BCUT2D eigenvalue weighted by molar-refractivity contribution is 6.31. The van der Waals surface area contributed by atoms with Crippen LogP contribution in [0.15, 0.2) is 47.1 Å². The van der Waals surface area contributed by atoms with Gasteiger partial charge in [0.15, 0.2) is 23.5 Å². The Hall–Kier alpha value is -3.90. The fourth-order valence-corrected chi connectivity index (χ4v) is 3.21. The Morgan fingerprint density at radius 2 is 1.97 bits per heavy atom. The van der Waals surface area contributed by atoms with Crippen LogP contribution in [0.5, 0.6) is 0 Å². The van der Waals surface area contributed by atoms with Gasteiger partial charge in [-0.2, -0.15) is 5.10 Å². The summed E-state index contributed by atoms with van der Waals surface area (Å²) >= 11 is 0. The molecule has 1 unspecified atom stereocenters. The molecule has 11 nitrogen and oxygen atoms in total. The van der Waals surface area contributed by atoms with Crippen molar-refractivity contribution in [2.75, 3.05) is 26.0 Å². The Bertz CT molecular complexity index is 1300. The largest absolute Gasteiger partial charge is 0.376 e. The van der Waals surface area contributed by atoms with E-state index in [-0.39, 0.29) is 23.7 Å². The molecule has 12 heteroatoms. The van der Waals surface area contributed by atoms with E-state index in [4.69, 9.17) is 12.4 Å². The molecule has 0 saturated carbocycles. The lowest BCUT2D eigenvalue weighted by atomic mass is 9.97. The zero-order valence-corrected chi connectivity index (χ0v) is 19.0. The molecule has 0 amide bonds. The molecule has 0 fully saturated rings. The van der Waals surface area contributed by atoms with E-state index < -0.39 is 5.60 Å². The van der Waals surface area contributed by atoms with Crippen LogP contribution in [0.3, 0.4) is 0 Å². The predicted molar refractivity (Wildman–Crippen MR) is 126 cm³/mol. The molecular weight excluding hydrogens is 435 g/mol. The average Bonchev–Trinajstić information content (AvgIpc) is 3.47. The monoisotopic (exact) mass is 458 g/mol. The SMILES string of the molecule is [B]c1cc(-c2cccc(-c3cc(C(O)(C=O)CCN(C)C)no3)n2)nc(Nc2ccn(C)n2)n1. The summed E-state index contributed by atoms with van der Waals surface area (Å²) in [6, 6.07) is 10.2. The van der Waals surface area contributed by atoms with Crippen LogP contribution in [0.2, 0.25) is 0 Å². The van der Waals surface area contributed by atoms with Gasteiger partial charge >= 0.3 is 0 Å². The maximum absolute atomic E-state index is 11.6. The van der Waals surface area contributed by atoms with E-state index in [1.54, 1.807) is 48.3 Å². The number of carbonyl (C=O) groups excluding carboxylic acids is 1. The minimum absolute atomic E-state index is 0.125. The van der Waals surface area contributed by atoms with E-state index in [1.807, 2.05) is 19.0 Å². The van der Waals surface area contributed by atoms with E-state index in [1.165, 1.54) is 6.07 Å². The zero-order chi connectivity index (χ0) is 24.3. The standard InChI is InChI=1S/C22H23BN8O3/c1-30(2)10-8-22(33,13-32)18-12-17(34-29-18)15-6-4-5-14(24-15)16-11-19(23)26-21(25-16)27-20-7-9-31(3)28-20/h4-7,9,11-13,33H,8,10H2,1-3H3,(H,25,26,27,28). The number of rotatable bonds is 9. The van der Waals surface area contributed by atoms with E-state index in [0.717, 1.165) is 0 Å². The molecular formula is C22H23BN8O3. The Balaban J connectivity index is 1.61. The van der Waals surface area contributed by atoms with Gasteiger partial charge in [-0.25, -0.2) is 15.0 Å². The Labute approximate surface area is 197 Å². The van der Waals surface area contributed by atoms with Crippen LogP contribution < -0.4 is 10.9 Å². The van der Waals surface area contributed by atoms with Crippen LogP contribution in [0.1, 0.15) is 12.1 Å². The number of aromatic nitrogens is 6. The van der Waals surface area contributed by atoms with Gasteiger partial charge in [-0.15, -0.1) is 0 Å². The minimum Gasteiger partial charge on any atom is -0.376 e. The molecule has 172 valence electrons. The van der Waals surface area contributed by atoms with E-state index in [9.17, 15) is 9.90 Å². The molecule has 0 aromatic carbocycles. The molecule has 0 aliphatic carbocycles. The summed E-state index contributed by atoms with van der Waals surface area (Å²) in [5.41, 5.74) is 0.0917. The molecule has 4 aromatic rings. The van der Waals surface area contributed by atoms with E-state index in [0.29, 0.717) is 41.5 Å². The Morgan fingerprint density at radius 1 is 1.18 bits per heavy atom. The third-order valence-corrected chi connectivity index (χ3v) is 5.05. The second-order valence-corrected chi connectivity index (χ2v) is 8.08. The second-order valence-electron chi connectivity index (χ2n) is 8.08. The first-order valence-electron chi connectivity index (χ1n) is 10.5. The van der Waals surface area contributed by atoms with Crippen molar-refractivity contribution >= 4 is 31.5 Å². The van der Waals surface area contributed by atoms with Crippen molar-refractivity contribution in [3.63, 3.8) is 0 Å². The van der Waals surface area contributed by atoms with Crippen LogP contribution in [0.4, 0.5) is 11.8 Å². The van der Waals surface area contributed by atoms with Crippen molar-refractivity contribution < 1.29 is 14.4 Å². The summed E-state index contributed by atoms with van der Waals surface area (Å²) < 4.78 is 7.05. The summed E-state index contributed by atoms with van der Waals surface area (Å²) in [4.78, 5) is 26.8. The molecule has 0 spiro atoms. The van der Waals surface area contributed by atoms with Crippen molar-refractivity contribution in [3.05, 3.63) is 48.3 Å². The molecule has 2 radical (unpaired) electrons. The van der Waals surface area contributed by atoms with Gasteiger partial charge in [-0.05, 0) is 37.9 Å². The van der Waals surface area contributed by atoms with Crippen LogP contribution in [0.25, 0.3) is 22.8 Å². The fraction of sp³-hybridized carbons (Fsp3) is 0.273. The summed E-state index contributed by atoms with van der Waals surface area (Å²) in [5.74, 6) is 1.16. The lowest BCUT2D eigenvalue weighted by molar-refractivity contribution is -0.126. The van der Waals surface area contributed by atoms with Crippen LogP contribution in [-0.4, -0.2) is 74.7 Å². The first-order valence-corrected chi connectivity index (χ1v) is 10.5. The quantitative estimate of drug-likeness (QED) is 0.274. The van der Waals surface area contributed by atoms with Gasteiger partial charge in [0.2, 0.25) is 5.95 Å². The first kappa shape index (κ1) is 23.3. The number of hydrogen-bond donors (Lipinski definition) is 2. The van der Waals surface area contributed by atoms with Gasteiger partial charge in [0.25, 0.3) is 0 Å². The fourth-order valence-electron chi connectivity index (χ4n) is 3.21. The molecule has 2 N–H and O–H groups in total. The lowest BCUT2D eigenvalue weighted by Gasteiger charge is -2.20. The highest BCUT2D eigenvalue weighted by Gasteiger charge is 2.33. The summed E-state index contributed by atoms with van der Waals surface area (Å²) in [5, 5.41) is 21.9. The van der Waals surface area contributed by atoms with Crippen molar-refractivity contribution in [2.24, 2.45) is 7.05 Å². The highest BCUT2D eigenvalue weighted by atomic mass is 16.5. The zero-order valence-electron chi connectivity index (χ0n) is 19.0. The molecule has 0 bridgehead atoms. The lowest BCUT2D eigenvalue weighted by Crippen LogP contribution is -2.32. The van der Waals surface area contributed by atoms with E-state index in [2.05, 4.69) is 30.5 Å². The Morgan fingerprint density at radius 3 is 2.68 bits per heavy atom. The summed E-state index contributed by atoms with van der Waals surface area (Å²) in [6.07, 6.45) is 2.44. The topological polar surface area (TPSA) is 135 Å². The normalized spacial score (nSPS) is 13.1. The smallest absolute Gasteiger partial charge is 0.228 e. The first-order chi connectivity index (χ1) is 16.3. The average molecular weight is 458 g/mol. The number of aliphatic hydroxyl groups is 1. The third kappa shape index (κ3) is 5.19. The molecule has 0 saturated heterocycles. The van der Waals surface area contributed by atoms with Gasteiger partial charge in [0.05, 0.1) is 11.4 Å². The number of nitrogens with one attached hydrogen (secondary N) is 1. The Kier molecular flexibility index (Phi) is 6.53.